The van der Waals surface area contributed by atoms with Crippen molar-refractivity contribution in [3.8, 4) is 11.5 Å². The van der Waals surface area contributed by atoms with Gasteiger partial charge in [0.2, 0.25) is 5.91 Å². The predicted octanol–water partition coefficient (Wildman–Crippen LogP) is 5.30. The lowest BCUT2D eigenvalue weighted by Gasteiger charge is -2.19. The molecule has 0 saturated carbocycles. The van der Waals surface area contributed by atoms with Crippen LogP contribution in [0.4, 0.5) is 10.1 Å². The summed E-state index contributed by atoms with van der Waals surface area (Å²) in [5.41, 5.74) is 2.83. The number of nitrogens with one attached hydrogen (secondary N) is 1. The van der Waals surface area contributed by atoms with Crippen LogP contribution in [0.5, 0.6) is 11.5 Å². The van der Waals surface area contributed by atoms with Gasteiger partial charge in [0.25, 0.3) is 0 Å². The van der Waals surface area contributed by atoms with Gasteiger partial charge < -0.3 is 19.2 Å². The molecule has 0 fully saturated rings. The molecule has 0 aliphatic heterocycles. The lowest BCUT2D eigenvalue weighted by molar-refractivity contribution is -0.116. The summed E-state index contributed by atoms with van der Waals surface area (Å²) in [6.45, 7) is 0. The predicted molar refractivity (Wildman–Crippen MR) is 121 cm³/mol. The number of halogens is 2. The highest BCUT2D eigenvalue weighted by atomic mass is 35.5. The van der Waals surface area contributed by atoms with Gasteiger partial charge in [0.15, 0.2) is 0 Å². The monoisotopic (exact) mass is 453 g/mol. The molecule has 6 nitrogen and oxygen atoms in total. The van der Waals surface area contributed by atoms with Gasteiger partial charge in [-0.2, -0.15) is 0 Å². The second-order valence-electron chi connectivity index (χ2n) is 7.22. The van der Waals surface area contributed by atoms with Crippen molar-refractivity contribution in [3.63, 3.8) is 0 Å². The molecule has 1 amide bonds. The molecule has 2 heterocycles. The van der Waals surface area contributed by atoms with E-state index in [0.29, 0.717) is 27.9 Å². The van der Waals surface area contributed by atoms with E-state index < -0.39 is 0 Å². The number of amides is 1. The zero-order valence-corrected chi connectivity index (χ0v) is 18.3. The largest absolute Gasteiger partial charge is 0.497 e. The number of rotatable bonds is 7. The number of carbonyl (C=O) groups is 1. The number of methoxy groups -OCH3 is 2. The molecule has 2 aromatic heterocycles. The molecule has 0 saturated heterocycles. The number of ether oxygens (including phenoxy) is 2. The maximum Gasteiger partial charge on any atom is 0.225 e. The molecule has 0 aliphatic carbocycles. The Hall–Kier alpha value is -3.58. The van der Waals surface area contributed by atoms with Crippen LogP contribution in [0.1, 0.15) is 23.6 Å². The van der Waals surface area contributed by atoms with Gasteiger partial charge in [-0.3, -0.25) is 4.79 Å². The van der Waals surface area contributed by atoms with Gasteiger partial charge in [0, 0.05) is 36.5 Å². The van der Waals surface area contributed by atoms with Gasteiger partial charge in [0.05, 0.1) is 24.9 Å². The number of anilines is 1. The molecule has 164 valence electrons. The molecular weight excluding hydrogens is 433 g/mol. The summed E-state index contributed by atoms with van der Waals surface area (Å²) in [6, 6.07) is 14.7. The minimum Gasteiger partial charge on any atom is -0.497 e. The molecule has 1 unspecified atom stereocenters. The van der Waals surface area contributed by atoms with Gasteiger partial charge in [-0.1, -0.05) is 11.6 Å². The van der Waals surface area contributed by atoms with E-state index >= 15 is 0 Å². The summed E-state index contributed by atoms with van der Waals surface area (Å²) in [7, 11) is 3.14. The first kappa shape index (κ1) is 21.6. The van der Waals surface area contributed by atoms with Crippen LogP contribution in [0.15, 0.2) is 67.0 Å². The van der Waals surface area contributed by atoms with Crippen LogP contribution in [0, 0.1) is 5.82 Å². The van der Waals surface area contributed by atoms with Crippen LogP contribution < -0.4 is 14.8 Å². The van der Waals surface area contributed by atoms with Crippen LogP contribution in [0.3, 0.4) is 0 Å². The summed E-state index contributed by atoms with van der Waals surface area (Å²) < 4.78 is 25.9. The summed E-state index contributed by atoms with van der Waals surface area (Å²) >= 11 is 6.22. The SMILES string of the molecule is COc1cc(OC)cc(C(CC(=O)Nc2ccc(F)cc2)c2cnc3ccc(Cl)cn23)c1. The second kappa shape index (κ2) is 9.28. The summed E-state index contributed by atoms with van der Waals surface area (Å²) in [5.74, 6) is 0.227. The van der Waals surface area contributed by atoms with E-state index in [4.69, 9.17) is 21.1 Å². The highest BCUT2D eigenvalue weighted by Gasteiger charge is 2.24. The minimum absolute atomic E-state index is 0.105. The zero-order valence-electron chi connectivity index (χ0n) is 17.5. The molecular formula is C24H21ClFN3O3. The first-order valence-electron chi connectivity index (χ1n) is 9.87. The number of pyridine rings is 1. The zero-order chi connectivity index (χ0) is 22.7. The number of imidazole rings is 1. The first-order chi connectivity index (χ1) is 15.5. The fourth-order valence-corrected chi connectivity index (χ4v) is 3.75. The Kier molecular flexibility index (Phi) is 6.28. The van der Waals surface area contributed by atoms with Gasteiger partial charge in [0.1, 0.15) is 23.0 Å². The fourth-order valence-electron chi connectivity index (χ4n) is 3.59. The van der Waals surface area contributed by atoms with E-state index in [2.05, 4.69) is 10.3 Å². The molecule has 1 N–H and O–H groups in total. The van der Waals surface area contributed by atoms with Crippen LogP contribution in [0.25, 0.3) is 5.65 Å². The number of nitrogens with zero attached hydrogens (tertiary/aromatic N) is 2. The molecule has 1 atom stereocenters. The third kappa shape index (κ3) is 4.68. The van der Waals surface area contributed by atoms with E-state index in [9.17, 15) is 9.18 Å². The van der Waals surface area contributed by atoms with E-state index in [-0.39, 0.29) is 24.1 Å². The van der Waals surface area contributed by atoms with Crippen LogP contribution >= 0.6 is 11.6 Å². The maximum absolute atomic E-state index is 13.2. The number of hydrogen-bond donors (Lipinski definition) is 1. The van der Waals surface area contributed by atoms with Crippen molar-refractivity contribution >= 4 is 28.8 Å². The average molecular weight is 454 g/mol. The first-order valence-corrected chi connectivity index (χ1v) is 10.3. The van der Waals surface area contributed by atoms with Gasteiger partial charge >= 0.3 is 0 Å². The van der Waals surface area contributed by atoms with Crippen LogP contribution in [-0.4, -0.2) is 29.5 Å². The quantitative estimate of drug-likeness (QED) is 0.412. The van der Waals surface area contributed by atoms with Crippen molar-refractivity contribution in [1.82, 2.24) is 9.38 Å². The number of aromatic nitrogens is 2. The Labute approximate surface area is 189 Å². The lowest BCUT2D eigenvalue weighted by Crippen LogP contribution is -2.17. The molecule has 4 rings (SSSR count). The summed E-state index contributed by atoms with van der Waals surface area (Å²) in [4.78, 5) is 17.4. The molecule has 0 radical (unpaired) electrons. The van der Waals surface area contributed by atoms with Crippen molar-refractivity contribution in [2.45, 2.75) is 12.3 Å². The van der Waals surface area contributed by atoms with E-state index in [1.54, 1.807) is 38.7 Å². The Morgan fingerprint density at radius 2 is 1.78 bits per heavy atom. The molecule has 0 spiro atoms. The normalized spacial score (nSPS) is 11.9. The van der Waals surface area contributed by atoms with E-state index in [1.807, 2.05) is 22.6 Å². The maximum atomic E-state index is 13.2. The molecule has 8 heteroatoms. The third-order valence-electron chi connectivity index (χ3n) is 5.15. The van der Waals surface area contributed by atoms with Crippen molar-refractivity contribution in [2.24, 2.45) is 0 Å². The molecule has 0 aliphatic rings. The summed E-state index contributed by atoms with van der Waals surface area (Å²) in [5, 5.41) is 3.37. The number of hydrogen-bond acceptors (Lipinski definition) is 4. The number of carbonyl (C=O) groups excluding carboxylic acids is 1. The molecule has 4 aromatic rings. The van der Waals surface area contributed by atoms with E-state index in [0.717, 1.165) is 11.3 Å². The third-order valence-corrected chi connectivity index (χ3v) is 5.37. The van der Waals surface area contributed by atoms with Crippen molar-refractivity contribution < 1.29 is 18.7 Å². The van der Waals surface area contributed by atoms with Crippen molar-refractivity contribution in [2.75, 3.05) is 19.5 Å². The van der Waals surface area contributed by atoms with Crippen LogP contribution in [-0.2, 0) is 4.79 Å². The van der Waals surface area contributed by atoms with Gasteiger partial charge in [-0.25, -0.2) is 9.37 Å². The Morgan fingerprint density at radius 3 is 2.44 bits per heavy atom. The smallest absolute Gasteiger partial charge is 0.225 e. The van der Waals surface area contributed by atoms with Crippen molar-refractivity contribution in [1.29, 1.82) is 0 Å². The highest BCUT2D eigenvalue weighted by molar-refractivity contribution is 6.30. The Morgan fingerprint density at radius 1 is 1.09 bits per heavy atom. The Bertz CT molecular complexity index is 1240. The van der Waals surface area contributed by atoms with Crippen LogP contribution in [0.2, 0.25) is 5.02 Å². The average Bonchev–Trinajstić information content (AvgIpc) is 3.21. The fraction of sp³-hybridized carbons (Fsp3) is 0.167. The van der Waals surface area contributed by atoms with Gasteiger partial charge in [-0.05, 0) is 54.1 Å². The number of fused-ring (bicyclic) bond motifs is 1. The molecule has 32 heavy (non-hydrogen) atoms. The second-order valence-corrected chi connectivity index (χ2v) is 7.65. The molecule has 2 aromatic carbocycles. The minimum atomic E-state index is -0.382. The Balaban J connectivity index is 1.75. The topological polar surface area (TPSA) is 64.9 Å². The van der Waals surface area contributed by atoms with Crippen molar-refractivity contribution in [3.05, 3.63) is 89.1 Å². The number of benzene rings is 2. The molecule has 0 bridgehead atoms. The standard InChI is InChI=1S/C24H21ClFN3O3/c1-31-19-9-15(10-20(11-19)32-2)21(12-24(30)28-18-6-4-17(26)5-7-18)22-13-27-23-8-3-16(25)14-29(22)23/h3-11,13-14,21H,12H2,1-2H3,(H,28,30). The summed E-state index contributed by atoms with van der Waals surface area (Å²) in [6.07, 6.45) is 3.60. The lowest BCUT2D eigenvalue weighted by atomic mass is 9.91. The van der Waals surface area contributed by atoms with Gasteiger partial charge in [-0.15, -0.1) is 0 Å². The van der Waals surface area contributed by atoms with E-state index in [1.165, 1.54) is 24.3 Å². The highest BCUT2D eigenvalue weighted by Crippen LogP contribution is 2.34.